The second-order valence-corrected chi connectivity index (χ2v) is 5.64. The fraction of sp³-hybridized carbons (Fsp3) is 0.333. The first kappa shape index (κ1) is 18.3. The number of hydrogen-bond donors (Lipinski definition) is 1. The van der Waals surface area contributed by atoms with Crippen LogP contribution in [0.25, 0.3) is 0 Å². The van der Waals surface area contributed by atoms with Crippen LogP contribution in [0.2, 0.25) is 0 Å². The number of alkyl halides is 3. The molecule has 0 aromatic heterocycles. The maximum atomic E-state index is 13.7. The molecule has 0 radical (unpaired) electrons. The van der Waals surface area contributed by atoms with E-state index in [1.807, 2.05) is 6.92 Å². The Balaban J connectivity index is 1.98. The average Bonchev–Trinajstić information content (AvgIpc) is 2.53. The van der Waals surface area contributed by atoms with Crippen molar-refractivity contribution in [1.82, 2.24) is 5.32 Å². The van der Waals surface area contributed by atoms with Crippen molar-refractivity contribution in [3.05, 3.63) is 65.0 Å². The van der Waals surface area contributed by atoms with Crippen molar-refractivity contribution in [3.8, 4) is 5.75 Å². The van der Waals surface area contributed by atoms with Crippen LogP contribution >= 0.6 is 0 Å². The van der Waals surface area contributed by atoms with Crippen LogP contribution in [0.1, 0.15) is 23.6 Å². The molecule has 130 valence electrons. The molecule has 1 unspecified atom stereocenters. The maximum Gasteiger partial charge on any atom is 0.416 e. The fourth-order valence-corrected chi connectivity index (χ4v) is 2.40. The second kappa shape index (κ2) is 7.66. The zero-order chi connectivity index (χ0) is 17.7. The van der Waals surface area contributed by atoms with E-state index in [0.717, 1.165) is 12.1 Å². The summed E-state index contributed by atoms with van der Waals surface area (Å²) in [6.45, 7) is 2.11. The molecule has 2 aromatic carbocycles. The van der Waals surface area contributed by atoms with Crippen LogP contribution in [0.3, 0.4) is 0 Å². The highest BCUT2D eigenvalue weighted by Crippen LogP contribution is 2.29. The molecule has 0 aliphatic rings. The van der Waals surface area contributed by atoms with Gasteiger partial charge in [0.15, 0.2) is 0 Å². The molecule has 24 heavy (non-hydrogen) atoms. The summed E-state index contributed by atoms with van der Waals surface area (Å²) in [6.07, 6.45) is -3.94. The van der Waals surface area contributed by atoms with Crippen LogP contribution in [-0.2, 0) is 19.1 Å². The summed E-state index contributed by atoms with van der Waals surface area (Å²) in [5, 5.41) is 3.12. The van der Waals surface area contributed by atoms with Crippen molar-refractivity contribution in [3.63, 3.8) is 0 Å². The Morgan fingerprint density at radius 2 is 1.88 bits per heavy atom. The lowest BCUT2D eigenvalue weighted by Crippen LogP contribution is -2.28. The van der Waals surface area contributed by atoms with Gasteiger partial charge in [0.1, 0.15) is 11.6 Å². The molecule has 0 heterocycles. The molecule has 2 nitrogen and oxygen atoms in total. The third-order valence-corrected chi connectivity index (χ3v) is 3.69. The van der Waals surface area contributed by atoms with E-state index in [9.17, 15) is 17.6 Å². The Morgan fingerprint density at radius 3 is 2.54 bits per heavy atom. The monoisotopic (exact) mass is 341 g/mol. The Morgan fingerprint density at radius 1 is 1.12 bits per heavy atom. The van der Waals surface area contributed by atoms with Gasteiger partial charge in [0.05, 0.1) is 12.7 Å². The number of rotatable bonds is 6. The predicted octanol–water partition coefficient (Wildman–Crippen LogP) is 4.57. The van der Waals surface area contributed by atoms with E-state index in [2.05, 4.69) is 5.32 Å². The predicted molar refractivity (Wildman–Crippen MR) is 84.4 cm³/mol. The molecule has 2 aromatic rings. The molecule has 0 fully saturated rings. The first-order valence-corrected chi connectivity index (χ1v) is 7.51. The highest BCUT2D eigenvalue weighted by molar-refractivity contribution is 5.30. The van der Waals surface area contributed by atoms with Crippen molar-refractivity contribution in [2.24, 2.45) is 0 Å². The smallest absolute Gasteiger partial charge is 0.416 e. The summed E-state index contributed by atoms with van der Waals surface area (Å²) < 4.78 is 57.0. The van der Waals surface area contributed by atoms with E-state index in [0.29, 0.717) is 23.3 Å². The van der Waals surface area contributed by atoms with Crippen LogP contribution in [0.15, 0.2) is 42.5 Å². The van der Waals surface area contributed by atoms with Gasteiger partial charge in [-0.05, 0) is 43.2 Å². The third kappa shape index (κ3) is 4.96. The Hall–Kier alpha value is -2.08. The van der Waals surface area contributed by atoms with Crippen molar-refractivity contribution in [2.45, 2.75) is 32.1 Å². The fourth-order valence-electron chi connectivity index (χ4n) is 2.40. The highest BCUT2D eigenvalue weighted by atomic mass is 19.4. The number of benzene rings is 2. The minimum Gasteiger partial charge on any atom is -0.497 e. The number of halogens is 4. The van der Waals surface area contributed by atoms with Crippen molar-refractivity contribution in [1.29, 1.82) is 0 Å². The van der Waals surface area contributed by atoms with E-state index in [1.165, 1.54) is 25.3 Å². The normalized spacial score (nSPS) is 12.9. The van der Waals surface area contributed by atoms with Crippen LogP contribution in [-0.4, -0.2) is 13.2 Å². The largest absolute Gasteiger partial charge is 0.497 e. The van der Waals surface area contributed by atoms with Crippen LogP contribution in [0.5, 0.6) is 5.75 Å². The van der Waals surface area contributed by atoms with Gasteiger partial charge in [-0.3, -0.25) is 0 Å². The Kier molecular flexibility index (Phi) is 5.83. The van der Waals surface area contributed by atoms with Crippen molar-refractivity contribution >= 4 is 0 Å². The molecule has 0 aliphatic carbocycles. The van der Waals surface area contributed by atoms with Gasteiger partial charge in [-0.1, -0.05) is 18.2 Å². The van der Waals surface area contributed by atoms with E-state index in [-0.39, 0.29) is 18.4 Å². The Bertz CT molecular complexity index is 685. The topological polar surface area (TPSA) is 21.3 Å². The first-order valence-electron chi connectivity index (χ1n) is 7.51. The summed E-state index contributed by atoms with van der Waals surface area (Å²) in [5.41, 5.74) is 0.368. The van der Waals surface area contributed by atoms with Gasteiger partial charge in [-0.15, -0.1) is 0 Å². The molecule has 0 aliphatic heterocycles. The molecule has 1 N–H and O–H groups in total. The van der Waals surface area contributed by atoms with Crippen molar-refractivity contribution in [2.75, 3.05) is 7.11 Å². The lowest BCUT2D eigenvalue weighted by Gasteiger charge is -2.16. The van der Waals surface area contributed by atoms with Gasteiger partial charge in [0, 0.05) is 18.2 Å². The lowest BCUT2D eigenvalue weighted by molar-refractivity contribution is -0.137. The molecular weight excluding hydrogens is 322 g/mol. The van der Waals surface area contributed by atoms with E-state index in [1.54, 1.807) is 12.1 Å². The summed E-state index contributed by atoms with van der Waals surface area (Å²) in [6, 6.07) is 9.58. The van der Waals surface area contributed by atoms with E-state index >= 15 is 0 Å². The van der Waals surface area contributed by atoms with Crippen LogP contribution < -0.4 is 10.1 Å². The van der Waals surface area contributed by atoms with E-state index in [4.69, 9.17) is 4.74 Å². The highest BCUT2D eigenvalue weighted by Gasteiger charge is 2.30. The molecule has 0 bridgehead atoms. The maximum absolute atomic E-state index is 13.7. The Labute approximate surface area is 138 Å². The molecule has 0 saturated carbocycles. The number of nitrogens with one attached hydrogen (secondary N) is 1. The summed E-state index contributed by atoms with van der Waals surface area (Å²) in [5.74, 6) is 0.202. The quantitative estimate of drug-likeness (QED) is 0.777. The zero-order valence-electron chi connectivity index (χ0n) is 13.5. The SMILES string of the molecule is COc1ccc(F)c(CNC(C)Cc2cccc(C(F)(F)F)c2)c1. The molecule has 6 heteroatoms. The van der Waals surface area contributed by atoms with Crippen LogP contribution in [0.4, 0.5) is 17.6 Å². The molecule has 0 amide bonds. The van der Waals surface area contributed by atoms with Crippen LogP contribution in [0, 0.1) is 5.82 Å². The average molecular weight is 341 g/mol. The molecule has 0 spiro atoms. The third-order valence-electron chi connectivity index (χ3n) is 3.69. The van der Waals surface area contributed by atoms with Gasteiger partial charge < -0.3 is 10.1 Å². The van der Waals surface area contributed by atoms with Crippen molar-refractivity contribution < 1.29 is 22.3 Å². The second-order valence-electron chi connectivity index (χ2n) is 5.64. The lowest BCUT2D eigenvalue weighted by atomic mass is 10.0. The molecule has 2 rings (SSSR count). The van der Waals surface area contributed by atoms with Gasteiger partial charge in [0.25, 0.3) is 0 Å². The summed E-state index contributed by atoms with van der Waals surface area (Å²) in [4.78, 5) is 0. The molecule has 0 saturated heterocycles. The molecular formula is C18H19F4NO. The minimum absolute atomic E-state index is 0.112. The summed E-state index contributed by atoms with van der Waals surface area (Å²) >= 11 is 0. The number of methoxy groups -OCH3 is 1. The number of ether oxygens (including phenoxy) is 1. The molecule has 1 atom stereocenters. The van der Waals surface area contributed by atoms with Gasteiger partial charge in [-0.2, -0.15) is 13.2 Å². The van der Waals surface area contributed by atoms with Gasteiger partial charge in [0.2, 0.25) is 0 Å². The standard InChI is InChI=1S/C18H19F4NO/c1-12(8-13-4-3-5-15(9-13)18(20,21)22)23-11-14-10-16(24-2)6-7-17(14)19/h3-7,9-10,12,23H,8,11H2,1-2H3. The summed E-state index contributed by atoms with van der Waals surface area (Å²) in [7, 11) is 1.50. The first-order chi connectivity index (χ1) is 11.3. The van der Waals surface area contributed by atoms with Gasteiger partial charge in [-0.25, -0.2) is 4.39 Å². The zero-order valence-corrected chi connectivity index (χ0v) is 13.5. The van der Waals surface area contributed by atoms with Gasteiger partial charge >= 0.3 is 6.18 Å². The number of hydrogen-bond acceptors (Lipinski definition) is 2. The minimum atomic E-state index is -4.35. The van der Waals surface area contributed by atoms with E-state index < -0.39 is 11.7 Å².